The molecule has 2 rings (SSSR count). The number of ether oxygens (including phenoxy) is 4. The molecule has 0 bridgehead atoms. The minimum absolute atomic E-state index is 0.0680. The molecule has 0 aromatic heterocycles. The lowest BCUT2D eigenvalue weighted by Gasteiger charge is -2.40. The van der Waals surface area contributed by atoms with Gasteiger partial charge >= 0.3 is 17.9 Å². The molecule has 1 aromatic carbocycles. The van der Waals surface area contributed by atoms with Crippen LogP contribution >= 0.6 is 0 Å². The van der Waals surface area contributed by atoms with Crippen LogP contribution in [0.25, 0.3) is 0 Å². The van der Waals surface area contributed by atoms with Gasteiger partial charge in [0.2, 0.25) is 0 Å². The third-order valence-corrected chi connectivity index (χ3v) is 8.56. The average Bonchev–Trinajstić information content (AvgIpc) is 2.92. The molecule has 0 amide bonds. The molecule has 0 heterocycles. The lowest BCUT2D eigenvalue weighted by molar-refractivity contribution is -0.168. The van der Waals surface area contributed by atoms with Crippen molar-refractivity contribution in [1.29, 1.82) is 0 Å². The second-order valence-electron chi connectivity index (χ2n) is 14.3. The van der Waals surface area contributed by atoms with Crippen LogP contribution in [-0.2, 0) is 33.3 Å². The molecule has 7 nitrogen and oxygen atoms in total. The van der Waals surface area contributed by atoms with Gasteiger partial charge in [-0.25, -0.2) is 0 Å². The zero-order valence-corrected chi connectivity index (χ0v) is 27.7. The van der Waals surface area contributed by atoms with Crippen molar-refractivity contribution in [3.8, 4) is 0 Å². The number of carbonyl (C=O) groups excluding carboxylic acids is 3. The molecule has 0 saturated heterocycles. The van der Waals surface area contributed by atoms with E-state index in [0.717, 1.165) is 31.2 Å². The first kappa shape index (κ1) is 35.8. The van der Waals surface area contributed by atoms with Crippen molar-refractivity contribution in [3.63, 3.8) is 0 Å². The van der Waals surface area contributed by atoms with Gasteiger partial charge in [0.05, 0.1) is 22.9 Å². The summed E-state index contributed by atoms with van der Waals surface area (Å²) in [4.78, 5) is 40.8. The van der Waals surface area contributed by atoms with Crippen molar-refractivity contribution in [3.05, 3.63) is 35.9 Å². The van der Waals surface area contributed by atoms with E-state index in [1.165, 1.54) is 6.42 Å². The average molecular weight is 589 g/mol. The SMILES string of the molecule is CCC(C)(CC(CC(C)(CC(C)(C)C(=O)OC1CCCCC1)C(=O)OCCOC)c1ccccc1)C(=O)OC(C)(C)C. The summed E-state index contributed by atoms with van der Waals surface area (Å²) in [6.07, 6.45) is 6.70. The number of hydrogen-bond donors (Lipinski definition) is 0. The molecule has 238 valence electrons. The quantitative estimate of drug-likeness (QED) is 0.117. The highest BCUT2D eigenvalue weighted by atomic mass is 16.6. The lowest BCUT2D eigenvalue weighted by atomic mass is 9.65. The zero-order valence-electron chi connectivity index (χ0n) is 27.7. The summed E-state index contributed by atoms with van der Waals surface area (Å²) in [6, 6.07) is 9.97. The number of carbonyl (C=O) groups is 3. The van der Waals surface area contributed by atoms with Crippen LogP contribution in [0.1, 0.15) is 125 Å². The van der Waals surface area contributed by atoms with Gasteiger partial charge in [0.25, 0.3) is 0 Å². The molecule has 3 unspecified atom stereocenters. The highest BCUT2D eigenvalue weighted by molar-refractivity contribution is 5.81. The Hall–Kier alpha value is -2.41. The van der Waals surface area contributed by atoms with Gasteiger partial charge in [-0.05, 0) is 111 Å². The van der Waals surface area contributed by atoms with Crippen molar-refractivity contribution in [2.75, 3.05) is 20.3 Å². The Morgan fingerprint density at radius 1 is 0.810 bits per heavy atom. The summed E-state index contributed by atoms with van der Waals surface area (Å²) in [6.45, 7) is 15.5. The summed E-state index contributed by atoms with van der Waals surface area (Å²) in [5.41, 5.74) is -2.32. The van der Waals surface area contributed by atoms with Gasteiger partial charge in [0.15, 0.2) is 0 Å². The second-order valence-corrected chi connectivity index (χ2v) is 14.3. The Balaban J connectivity index is 2.44. The number of hydrogen-bond acceptors (Lipinski definition) is 7. The molecule has 3 atom stereocenters. The van der Waals surface area contributed by atoms with Gasteiger partial charge in [-0.15, -0.1) is 0 Å². The molecule has 0 N–H and O–H groups in total. The molecule has 1 aliphatic rings. The number of esters is 3. The zero-order chi connectivity index (χ0) is 31.6. The topological polar surface area (TPSA) is 88.1 Å². The summed E-state index contributed by atoms with van der Waals surface area (Å²) >= 11 is 0. The van der Waals surface area contributed by atoms with Crippen molar-refractivity contribution >= 4 is 17.9 Å². The van der Waals surface area contributed by atoms with Crippen molar-refractivity contribution in [2.45, 2.75) is 131 Å². The van der Waals surface area contributed by atoms with Crippen molar-refractivity contribution < 1.29 is 33.3 Å². The minimum atomic E-state index is -1.04. The Morgan fingerprint density at radius 2 is 1.40 bits per heavy atom. The molecule has 1 fully saturated rings. The minimum Gasteiger partial charge on any atom is -0.463 e. The predicted octanol–water partition coefficient (Wildman–Crippen LogP) is 7.80. The van der Waals surface area contributed by atoms with Gasteiger partial charge in [-0.3, -0.25) is 14.4 Å². The molecule has 7 heteroatoms. The number of benzene rings is 1. The normalized spacial score (nSPS) is 18.3. The summed E-state index contributed by atoms with van der Waals surface area (Å²) in [7, 11) is 1.56. The van der Waals surface area contributed by atoms with Crippen LogP contribution in [0.5, 0.6) is 0 Å². The van der Waals surface area contributed by atoms with E-state index in [0.29, 0.717) is 19.3 Å². The largest absolute Gasteiger partial charge is 0.463 e. The first-order valence-electron chi connectivity index (χ1n) is 15.7. The van der Waals surface area contributed by atoms with Gasteiger partial charge in [-0.2, -0.15) is 0 Å². The van der Waals surface area contributed by atoms with Crippen LogP contribution in [0, 0.1) is 16.2 Å². The van der Waals surface area contributed by atoms with E-state index in [1.54, 1.807) is 7.11 Å². The lowest BCUT2D eigenvalue weighted by Crippen LogP contribution is -2.42. The van der Waals surface area contributed by atoms with Crippen LogP contribution < -0.4 is 0 Å². The third-order valence-electron chi connectivity index (χ3n) is 8.56. The fraction of sp³-hybridized carbons (Fsp3) is 0.743. The molecule has 0 radical (unpaired) electrons. The molecule has 42 heavy (non-hydrogen) atoms. The Bertz CT molecular complexity index is 1010. The second kappa shape index (κ2) is 15.4. The van der Waals surface area contributed by atoms with E-state index in [9.17, 15) is 14.4 Å². The molecule has 0 spiro atoms. The third kappa shape index (κ3) is 10.7. The van der Waals surface area contributed by atoms with Crippen LogP contribution in [0.4, 0.5) is 0 Å². The van der Waals surface area contributed by atoms with Gasteiger partial charge in [0, 0.05) is 7.11 Å². The first-order valence-corrected chi connectivity index (χ1v) is 15.7. The van der Waals surface area contributed by atoms with E-state index in [1.807, 2.05) is 85.7 Å². The van der Waals surface area contributed by atoms with E-state index < -0.39 is 21.8 Å². The van der Waals surface area contributed by atoms with E-state index in [2.05, 4.69) is 0 Å². The maximum atomic E-state index is 13.8. The Labute approximate surface area is 254 Å². The van der Waals surface area contributed by atoms with Crippen LogP contribution in [0.15, 0.2) is 30.3 Å². The fourth-order valence-electron chi connectivity index (χ4n) is 6.06. The van der Waals surface area contributed by atoms with Crippen LogP contribution in [0.2, 0.25) is 0 Å². The molecule has 1 saturated carbocycles. The molecule has 1 aromatic rings. The summed E-state index contributed by atoms with van der Waals surface area (Å²) in [5, 5.41) is 0. The number of rotatable bonds is 15. The van der Waals surface area contributed by atoms with Crippen LogP contribution in [0.3, 0.4) is 0 Å². The monoisotopic (exact) mass is 588 g/mol. The highest BCUT2D eigenvalue weighted by Gasteiger charge is 2.47. The molecular formula is C35H56O7. The summed E-state index contributed by atoms with van der Waals surface area (Å²) < 4.78 is 22.7. The van der Waals surface area contributed by atoms with Crippen molar-refractivity contribution in [1.82, 2.24) is 0 Å². The molecule has 1 aliphatic carbocycles. The fourth-order valence-corrected chi connectivity index (χ4v) is 6.06. The Kier molecular flexibility index (Phi) is 13.1. The summed E-state index contributed by atoms with van der Waals surface area (Å²) in [5.74, 6) is -1.09. The van der Waals surface area contributed by atoms with Gasteiger partial charge in [0.1, 0.15) is 18.3 Å². The van der Waals surface area contributed by atoms with Gasteiger partial charge in [-0.1, -0.05) is 43.7 Å². The maximum Gasteiger partial charge on any atom is 0.312 e. The first-order chi connectivity index (χ1) is 19.5. The van der Waals surface area contributed by atoms with E-state index >= 15 is 0 Å². The standard InChI is InChI=1S/C35H56O7/c1-10-34(7,31(38)42-32(2,3)4)23-27(26-17-13-11-14-18-26)24-35(8,30(37)40-22-21-39-9)25-33(5,6)29(36)41-28-19-15-12-16-20-28/h11,13-14,17-18,27-28H,10,12,15-16,19-25H2,1-9H3. The molecule has 0 aliphatic heterocycles. The van der Waals surface area contributed by atoms with Crippen LogP contribution in [-0.4, -0.2) is 49.9 Å². The smallest absolute Gasteiger partial charge is 0.312 e. The van der Waals surface area contributed by atoms with Gasteiger partial charge < -0.3 is 18.9 Å². The van der Waals surface area contributed by atoms with E-state index in [4.69, 9.17) is 18.9 Å². The van der Waals surface area contributed by atoms with Crippen molar-refractivity contribution in [2.24, 2.45) is 16.2 Å². The maximum absolute atomic E-state index is 13.8. The predicted molar refractivity (Wildman–Crippen MR) is 165 cm³/mol. The molecular weight excluding hydrogens is 532 g/mol. The highest BCUT2D eigenvalue weighted by Crippen LogP contribution is 2.47. The number of methoxy groups -OCH3 is 1. The Morgan fingerprint density at radius 3 is 1.95 bits per heavy atom. The van der Waals surface area contributed by atoms with E-state index in [-0.39, 0.29) is 49.6 Å².